The van der Waals surface area contributed by atoms with Gasteiger partial charge in [0.15, 0.2) is 0 Å². The number of piperidine rings is 1. The van der Waals surface area contributed by atoms with Crippen LogP contribution in [0, 0.1) is 0 Å². The molecule has 1 aliphatic heterocycles. The summed E-state index contributed by atoms with van der Waals surface area (Å²) in [7, 11) is 0. The number of hydrogen-bond acceptors (Lipinski definition) is 2. The van der Waals surface area contributed by atoms with E-state index in [1.165, 1.54) is 16.7 Å². The van der Waals surface area contributed by atoms with Gasteiger partial charge in [-0.25, -0.2) is 0 Å². The summed E-state index contributed by atoms with van der Waals surface area (Å²) < 4.78 is 0. The first-order valence-electron chi connectivity index (χ1n) is 12.8. The van der Waals surface area contributed by atoms with Crippen LogP contribution in [0.25, 0.3) is 0 Å². The average molecular weight is 476 g/mol. The van der Waals surface area contributed by atoms with Crippen LogP contribution in [0.1, 0.15) is 41.5 Å². The predicted molar refractivity (Wildman–Crippen MR) is 145 cm³/mol. The summed E-state index contributed by atoms with van der Waals surface area (Å²) in [5.74, 6) is -0.708. The maximum atomic E-state index is 12.4. The molecular weight excluding hydrogens is 442 g/mol. The number of aliphatic carboxylic acids is 1. The van der Waals surface area contributed by atoms with E-state index in [4.69, 9.17) is 0 Å². The number of carboxylic acid groups (broad SMARTS) is 1. The molecule has 0 amide bonds. The fourth-order valence-electron chi connectivity index (χ4n) is 5.97. The second-order valence-corrected chi connectivity index (χ2v) is 9.85. The minimum atomic E-state index is -0.798. The highest BCUT2D eigenvalue weighted by molar-refractivity contribution is 5.81. The Bertz CT molecular complexity index is 1150. The van der Waals surface area contributed by atoms with Crippen LogP contribution in [0.5, 0.6) is 0 Å². The summed E-state index contributed by atoms with van der Waals surface area (Å²) in [6.45, 7) is 2.44. The minimum Gasteiger partial charge on any atom is -0.481 e. The lowest BCUT2D eigenvalue weighted by molar-refractivity contribution is -0.146. The van der Waals surface area contributed by atoms with E-state index in [1.54, 1.807) is 0 Å². The van der Waals surface area contributed by atoms with Crippen molar-refractivity contribution >= 4 is 5.97 Å². The molecule has 1 heterocycles. The SMILES string of the molecule is O=C(O)C1(c2ccccc2)CCN(CCC(c2ccccc2)(c2ccccc2)c2ccccc2)CC1. The Morgan fingerprint density at radius 2 is 1.06 bits per heavy atom. The molecule has 182 valence electrons. The molecule has 0 spiro atoms. The van der Waals surface area contributed by atoms with E-state index in [-0.39, 0.29) is 5.41 Å². The van der Waals surface area contributed by atoms with Crippen molar-refractivity contribution < 1.29 is 9.90 Å². The summed E-state index contributed by atoms with van der Waals surface area (Å²) in [5.41, 5.74) is 3.68. The molecule has 0 unspecified atom stereocenters. The molecule has 0 aromatic heterocycles. The second-order valence-electron chi connectivity index (χ2n) is 9.85. The van der Waals surface area contributed by atoms with E-state index in [0.717, 1.165) is 31.6 Å². The van der Waals surface area contributed by atoms with Gasteiger partial charge in [0.2, 0.25) is 0 Å². The van der Waals surface area contributed by atoms with Crippen LogP contribution in [-0.2, 0) is 15.6 Å². The maximum absolute atomic E-state index is 12.4. The molecule has 0 atom stereocenters. The fourth-order valence-corrected chi connectivity index (χ4v) is 5.97. The minimum absolute atomic E-state index is 0.287. The highest BCUT2D eigenvalue weighted by atomic mass is 16.4. The second kappa shape index (κ2) is 10.5. The Morgan fingerprint density at radius 3 is 1.44 bits per heavy atom. The van der Waals surface area contributed by atoms with Gasteiger partial charge in [-0.1, -0.05) is 121 Å². The lowest BCUT2D eigenvalue weighted by Crippen LogP contribution is -2.48. The van der Waals surface area contributed by atoms with E-state index in [0.29, 0.717) is 12.8 Å². The first-order valence-corrected chi connectivity index (χ1v) is 12.8. The molecule has 0 saturated carbocycles. The van der Waals surface area contributed by atoms with Gasteiger partial charge in [0, 0.05) is 5.41 Å². The number of rotatable bonds is 8. The van der Waals surface area contributed by atoms with Crippen molar-refractivity contribution in [2.24, 2.45) is 0 Å². The Balaban J connectivity index is 1.45. The molecule has 36 heavy (non-hydrogen) atoms. The van der Waals surface area contributed by atoms with Crippen molar-refractivity contribution in [1.29, 1.82) is 0 Å². The average Bonchev–Trinajstić information content (AvgIpc) is 2.96. The van der Waals surface area contributed by atoms with Crippen LogP contribution >= 0.6 is 0 Å². The van der Waals surface area contributed by atoms with E-state index < -0.39 is 11.4 Å². The number of likely N-dealkylation sites (tertiary alicyclic amines) is 1. The van der Waals surface area contributed by atoms with E-state index >= 15 is 0 Å². The largest absolute Gasteiger partial charge is 0.481 e. The molecule has 5 rings (SSSR count). The zero-order valence-corrected chi connectivity index (χ0v) is 20.6. The van der Waals surface area contributed by atoms with Crippen molar-refractivity contribution in [2.45, 2.75) is 30.1 Å². The molecule has 0 aliphatic carbocycles. The standard InChI is InChI=1S/C33H33NO2/c35-31(36)32(27-13-5-1-6-14-27)21-24-34(25-22-32)26-23-33(28-15-7-2-8-16-28,29-17-9-3-10-18-29)30-19-11-4-12-20-30/h1-20H,21-26H2,(H,35,36). The van der Waals surface area contributed by atoms with Gasteiger partial charge in [0.25, 0.3) is 0 Å². The van der Waals surface area contributed by atoms with Crippen molar-refractivity contribution in [3.8, 4) is 0 Å². The Morgan fingerprint density at radius 1 is 0.667 bits per heavy atom. The molecule has 4 aromatic carbocycles. The third kappa shape index (κ3) is 4.47. The quantitative estimate of drug-likeness (QED) is 0.295. The molecule has 3 nitrogen and oxygen atoms in total. The highest BCUT2D eigenvalue weighted by Crippen LogP contribution is 2.43. The number of hydrogen-bond donors (Lipinski definition) is 1. The van der Waals surface area contributed by atoms with Crippen molar-refractivity contribution in [3.05, 3.63) is 144 Å². The number of carbonyl (C=O) groups is 1. The van der Waals surface area contributed by atoms with E-state index in [9.17, 15) is 9.90 Å². The molecule has 1 aliphatic rings. The van der Waals surface area contributed by atoms with Crippen LogP contribution in [0.2, 0.25) is 0 Å². The van der Waals surface area contributed by atoms with Crippen LogP contribution in [0.4, 0.5) is 0 Å². The summed E-state index contributed by atoms with van der Waals surface area (Å²) >= 11 is 0. The van der Waals surface area contributed by atoms with Gasteiger partial charge in [0.1, 0.15) is 0 Å². The number of nitrogens with zero attached hydrogens (tertiary/aromatic N) is 1. The molecule has 1 N–H and O–H groups in total. The van der Waals surface area contributed by atoms with Gasteiger partial charge in [0.05, 0.1) is 5.41 Å². The summed E-state index contributed by atoms with van der Waals surface area (Å²) in [6.07, 6.45) is 2.17. The molecule has 3 heteroatoms. The van der Waals surface area contributed by atoms with Gasteiger partial charge < -0.3 is 10.0 Å². The third-order valence-electron chi connectivity index (χ3n) is 8.05. The van der Waals surface area contributed by atoms with Gasteiger partial charge in [-0.15, -0.1) is 0 Å². The Labute approximate surface area is 214 Å². The normalized spacial score (nSPS) is 15.9. The van der Waals surface area contributed by atoms with E-state index in [2.05, 4.69) is 95.9 Å². The van der Waals surface area contributed by atoms with Gasteiger partial charge in [-0.05, 0) is 61.2 Å². The maximum Gasteiger partial charge on any atom is 0.314 e. The molecule has 0 bridgehead atoms. The Kier molecular flexibility index (Phi) is 7.02. The van der Waals surface area contributed by atoms with Crippen LogP contribution < -0.4 is 0 Å². The monoisotopic (exact) mass is 475 g/mol. The van der Waals surface area contributed by atoms with Crippen molar-refractivity contribution in [2.75, 3.05) is 19.6 Å². The lowest BCUT2D eigenvalue weighted by atomic mass is 9.67. The van der Waals surface area contributed by atoms with Gasteiger partial charge >= 0.3 is 5.97 Å². The molecule has 1 fully saturated rings. The number of benzene rings is 4. The number of carboxylic acids is 1. The fraction of sp³-hybridized carbons (Fsp3) is 0.242. The topological polar surface area (TPSA) is 40.5 Å². The van der Waals surface area contributed by atoms with Crippen molar-refractivity contribution in [1.82, 2.24) is 4.90 Å². The third-order valence-corrected chi connectivity index (χ3v) is 8.05. The van der Waals surface area contributed by atoms with Crippen molar-refractivity contribution in [3.63, 3.8) is 0 Å². The lowest BCUT2D eigenvalue weighted by Gasteiger charge is -2.42. The smallest absolute Gasteiger partial charge is 0.314 e. The van der Waals surface area contributed by atoms with Crippen LogP contribution in [0.15, 0.2) is 121 Å². The van der Waals surface area contributed by atoms with E-state index in [1.807, 2.05) is 30.3 Å². The molecular formula is C33H33NO2. The van der Waals surface area contributed by atoms with Crippen LogP contribution in [-0.4, -0.2) is 35.6 Å². The summed E-state index contributed by atoms with van der Waals surface area (Å²) in [5, 5.41) is 10.2. The zero-order valence-electron chi connectivity index (χ0n) is 20.6. The first kappa shape index (κ1) is 24.0. The van der Waals surface area contributed by atoms with Gasteiger partial charge in [-0.3, -0.25) is 4.79 Å². The highest BCUT2D eigenvalue weighted by Gasteiger charge is 2.44. The predicted octanol–water partition coefficient (Wildman–Crippen LogP) is 6.53. The Hall–Kier alpha value is -3.69. The zero-order chi connectivity index (χ0) is 24.8. The molecule has 0 radical (unpaired) electrons. The molecule has 1 saturated heterocycles. The first-order chi connectivity index (χ1) is 17.6. The molecule has 4 aromatic rings. The van der Waals surface area contributed by atoms with Crippen LogP contribution in [0.3, 0.4) is 0 Å². The van der Waals surface area contributed by atoms with Gasteiger partial charge in [-0.2, -0.15) is 0 Å². The summed E-state index contributed by atoms with van der Waals surface area (Å²) in [4.78, 5) is 14.9. The summed E-state index contributed by atoms with van der Waals surface area (Å²) in [6, 6.07) is 42.2.